The molecule has 0 saturated heterocycles. The molecule has 7 heteroatoms. The lowest BCUT2D eigenvalue weighted by Gasteiger charge is -2.38. The van der Waals surface area contributed by atoms with Gasteiger partial charge in [0.2, 0.25) is 5.91 Å². The van der Waals surface area contributed by atoms with Gasteiger partial charge in [0.1, 0.15) is 5.54 Å². The maximum Gasteiger partial charge on any atom is 0.241 e. The number of benzene rings is 2. The van der Waals surface area contributed by atoms with Crippen LogP contribution in [0.4, 0.5) is 0 Å². The van der Waals surface area contributed by atoms with Crippen molar-refractivity contribution >= 4 is 5.91 Å². The number of aromatic amines is 1. The highest BCUT2D eigenvalue weighted by atomic mass is 16.2. The third-order valence-corrected chi connectivity index (χ3v) is 5.91. The minimum atomic E-state index is -0.629. The third-order valence-electron chi connectivity index (χ3n) is 5.91. The van der Waals surface area contributed by atoms with Crippen LogP contribution < -0.4 is 5.32 Å². The molecule has 1 aromatic heterocycles. The number of likely N-dealkylation sites (N-methyl/N-ethyl adjacent to an activating group) is 1. The van der Waals surface area contributed by atoms with Crippen LogP contribution in [0.25, 0.3) is 0 Å². The Kier molecular flexibility index (Phi) is 5.40. The lowest BCUT2D eigenvalue weighted by molar-refractivity contribution is -0.133. The van der Waals surface area contributed by atoms with Crippen molar-refractivity contribution in [2.75, 3.05) is 13.6 Å². The van der Waals surface area contributed by atoms with E-state index < -0.39 is 5.54 Å². The number of H-pyrrole nitrogens is 1. The van der Waals surface area contributed by atoms with E-state index in [9.17, 15) is 4.79 Å². The number of aromatic nitrogens is 4. The molecule has 0 spiro atoms. The first-order valence-electron chi connectivity index (χ1n) is 9.95. The summed E-state index contributed by atoms with van der Waals surface area (Å²) in [4.78, 5) is 15.8. The van der Waals surface area contributed by atoms with E-state index in [4.69, 9.17) is 0 Å². The van der Waals surface area contributed by atoms with E-state index in [0.29, 0.717) is 18.7 Å². The normalized spacial score (nSPS) is 15.8. The first kappa shape index (κ1) is 19.3. The number of carbonyl (C=O) groups is 1. The molecule has 1 amide bonds. The zero-order valence-electron chi connectivity index (χ0n) is 16.8. The van der Waals surface area contributed by atoms with Crippen LogP contribution in [0, 0.1) is 0 Å². The number of fused-ring (bicyclic) bond motifs is 1. The molecule has 0 fully saturated rings. The standard InChI is InChI=1S/C22H26N6O/c1-16(20-24-26-27-25-20)23-21(29)22(14-18-10-6-7-11-19(18)15-22)28(2)13-12-17-8-4-3-5-9-17/h3-11,16H,12-15H2,1-2H3,(H,23,29)(H,24,25,26,27). The van der Waals surface area contributed by atoms with E-state index in [-0.39, 0.29) is 11.9 Å². The van der Waals surface area contributed by atoms with Gasteiger partial charge in [-0.15, -0.1) is 10.2 Å². The highest BCUT2D eigenvalue weighted by Gasteiger charge is 2.47. The number of tetrazole rings is 1. The Bertz CT molecular complexity index is 931. The molecule has 0 radical (unpaired) electrons. The second kappa shape index (κ2) is 8.13. The second-order valence-electron chi connectivity index (χ2n) is 7.78. The summed E-state index contributed by atoms with van der Waals surface area (Å²) in [6.07, 6.45) is 2.28. The Morgan fingerprint density at radius 1 is 1.14 bits per heavy atom. The van der Waals surface area contributed by atoms with E-state index in [1.807, 2.05) is 32.2 Å². The van der Waals surface area contributed by atoms with Crippen molar-refractivity contribution in [3.05, 3.63) is 77.1 Å². The van der Waals surface area contributed by atoms with Crippen molar-refractivity contribution in [2.45, 2.75) is 37.8 Å². The highest BCUT2D eigenvalue weighted by molar-refractivity contribution is 5.88. The van der Waals surface area contributed by atoms with Gasteiger partial charge in [0.25, 0.3) is 0 Å². The molecule has 1 aliphatic carbocycles. The third kappa shape index (κ3) is 3.91. The summed E-state index contributed by atoms with van der Waals surface area (Å²) in [5.41, 5.74) is 3.12. The molecule has 4 rings (SSSR count). The predicted octanol–water partition coefficient (Wildman–Crippen LogP) is 2.09. The molecule has 0 saturated carbocycles. The second-order valence-corrected chi connectivity index (χ2v) is 7.78. The smallest absolute Gasteiger partial charge is 0.241 e. The zero-order chi connectivity index (χ0) is 20.3. The maximum atomic E-state index is 13.6. The van der Waals surface area contributed by atoms with Gasteiger partial charge in [0.05, 0.1) is 6.04 Å². The van der Waals surface area contributed by atoms with Crippen molar-refractivity contribution in [2.24, 2.45) is 0 Å². The van der Waals surface area contributed by atoms with Crippen molar-refractivity contribution in [3.63, 3.8) is 0 Å². The molecule has 2 aromatic carbocycles. The van der Waals surface area contributed by atoms with E-state index in [2.05, 4.69) is 67.2 Å². The summed E-state index contributed by atoms with van der Waals surface area (Å²) in [7, 11) is 2.05. The SMILES string of the molecule is CC(NC(=O)C1(N(C)CCc2ccccc2)Cc2ccccc2C1)c1nn[nH]n1. The summed E-state index contributed by atoms with van der Waals surface area (Å²) >= 11 is 0. The van der Waals surface area contributed by atoms with Crippen LogP contribution in [0.15, 0.2) is 54.6 Å². The van der Waals surface area contributed by atoms with Gasteiger partial charge in [0.15, 0.2) is 5.82 Å². The Morgan fingerprint density at radius 2 is 1.79 bits per heavy atom. The number of hydrogen-bond acceptors (Lipinski definition) is 5. The fourth-order valence-electron chi connectivity index (χ4n) is 4.10. The average Bonchev–Trinajstić information content (AvgIpc) is 3.41. The average molecular weight is 390 g/mol. The first-order valence-corrected chi connectivity index (χ1v) is 9.95. The molecule has 3 aromatic rings. The van der Waals surface area contributed by atoms with Gasteiger partial charge in [-0.3, -0.25) is 9.69 Å². The monoisotopic (exact) mass is 390 g/mol. The molecule has 1 heterocycles. The molecule has 1 aliphatic rings. The van der Waals surface area contributed by atoms with Crippen LogP contribution in [0.1, 0.15) is 35.5 Å². The Labute approximate surface area is 170 Å². The topological polar surface area (TPSA) is 86.8 Å². The zero-order valence-corrected chi connectivity index (χ0v) is 16.8. The fraction of sp³-hybridized carbons (Fsp3) is 0.364. The van der Waals surface area contributed by atoms with E-state index in [0.717, 1.165) is 13.0 Å². The summed E-state index contributed by atoms with van der Waals surface area (Å²) < 4.78 is 0. The van der Waals surface area contributed by atoms with Crippen molar-refractivity contribution in [1.29, 1.82) is 0 Å². The maximum absolute atomic E-state index is 13.6. The molecule has 0 bridgehead atoms. The predicted molar refractivity (Wildman–Crippen MR) is 110 cm³/mol. The van der Waals surface area contributed by atoms with Crippen molar-refractivity contribution < 1.29 is 4.79 Å². The van der Waals surface area contributed by atoms with Gasteiger partial charge in [-0.05, 0) is 37.1 Å². The Hall–Kier alpha value is -3.06. The quantitative estimate of drug-likeness (QED) is 0.645. The number of nitrogens with zero attached hydrogens (tertiary/aromatic N) is 4. The van der Waals surface area contributed by atoms with Crippen molar-refractivity contribution in [1.82, 2.24) is 30.8 Å². The molecular formula is C22H26N6O. The lowest BCUT2D eigenvalue weighted by atomic mass is 9.91. The van der Waals surface area contributed by atoms with Crippen LogP contribution >= 0.6 is 0 Å². The van der Waals surface area contributed by atoms with E-state index in [1.165, 1.54) is 16.7 Å². The van der Waals surface area contributed by atoms with E-state index in [1.54, 1.807) is 0 Å². The van der Waals surface area contributed by atoms with Gasteiger partial charge >= 0.3 is 0 Å². The number of rotatable bonds is 7. The summed E-state index contributed by atoms with van der Waals surface area (Å²) in [6.45, 7) is 2.67. The molecular weight excluding hydrogens is 364 g/mol. The van der Waals surface area contributed by atoms with Crippen molar-refractivity contribution in [3.8, 4) is 0 Å². The number of hydrogen-bond donors (Lipinski definition) is 2. The van der Waals surface area contributed by atoms with Crippen LogP contribution in [0.5, 0.6) is 0 Å². The molecule has 1 unspecified atom stereocenters. The molecule has 2 N–H and O–H groups in total. The number of carbonyl (C=O) groups excluding carboxylic acids is 1. The minimum Gasteiger partial charge on any atom is -0.345 e. The number of nitrogens with one attached hydrogen (secondary N) is 2. The van der Waals surface area contributed by atoms with Crippen LogP contribution in [-0.4, -0.2) is 50.6 Å². The summed E-state index contributed by atoms with van der Waals surface area (Å²) in [6, 6.07) is 18.4. The summed E-state index contributed by atoms with van der Waals surface area (Å²) in [5, 5.41) is 17.2. The molecule has 0 aliphatic heterocycles. The molecule has 150 valence electrons. The van der Waals surface area contributed by atoms with Crippen LogP contribution in [-0.2, 0) is 24.1 Å². The lowest BCUT2D eigenvalue weighted by Crippen LogP contribution is -2.59. The van der Waals surface area contributed by atoms with Gasteiger partial charge < -0.3 is 5.32 Å². The van der Waals surface area contributed by atoms with Crippen LogP contribution in [0.2, 0.25) is 0 Å². The Balaban J connectivity index is 1.55. The summed E-state index contributed by atoms with van der Waals surface area (Å²) in [5.74, 6) is 0.484. The van der Waals surface area contributed by atoms with Gasteiger partial charge in [0, 0.05) is 19.4 Å². The minimum absolute atomic E-state index is 0.00145. The van der Waals surface area contributed by atoms with Gasteiger partial charge in [-0.1, -0.05) is 59.8 Å². The molecule has 29 heavy (non-hydrogen) atoms. The first-order chi connectivity index (χ1) is 14.1. The molecule has 1 atom stereocenters. The molecule has 7 nitrogen and oxygen atoms in total. The fourth-order valence-corrected chi connectivity index (χ4v) is 4.10. The van der Waals surface area contributed by atoms with Gasteiger partial charge in [-0.2, -0.15) is 5.21 Å². The van der Waals surface area contributed by atoms with Gasteiger partial charge in [-0.25, -0.2) is 0 Å². The van der Waals surface area contributed by atoms with Crippen LogP contribution in [0.3, 0.4) is 0 Å². The highest BCUT2D eigenvalue weighted by Crippen LogP contribution is 2.35. The Morgan fingerprint density at radius 3 is 2.41 bits per heavy atom. The number of amides is 1. The van der Waals surface area contributed by atoms with E-state index >= 15 is 0 Å². The largest absolute Gasteiger partial charge is 0.345 e.